The van der Waals surface area contributed by atoms with Crippen molar-refractivity contribution in [3.63, 3.8) is 0 Å². The molecule has 4 nitrogen and oxygen atoms in total. The molecule has 1 atom stereocenters. The molecular formula is C22H25N3O. The van der Waals surface area contributed by atoms with Crippen LogP contribution >= 0.6 is 0 Å². The highest BCUT2D eigenvalue weighted by atomic mass is 16.2. The van der Waals surface area contributed by atoms with E-state index in [1.165, 1.54) is 22.2 Å². The Balaban J connectivity index is 1.67. The van der Waals surface area contributed by atoms with Gasteiger partial charge in [0.2, 0.25) is 5.91 Å². The molecule has 0 spiro atoms. The molecule has 1 fully saturated rings. The van der Waals surface area contributed by atoms with Crippen LogP contribution in [0.4, 0.5) is 5.69 Å². The summed E-state index contributed by atoms with van der Waals surface area (Å²) in [7, 11) is 4.09. The molecule has 0 saturated heterocycles. The molecule has 2 N–H and O–H groups in total. The lowest BCUT2D eigenvalue weighted by Gasteiger charge is -2.20. The molecule has 0 bridgehead atoms. The van der Waals surface area contributed by atoms with Gasteiger partial charge in [-0.1, -0.05) is 30.3 Å². The summed E-state index contributed by atoms with van der Waals surface area (Å²) >= 11 is 0. The van der Waals surface area contributed by atoms with E-state index in [9.17, 15) is 4.79 Å². The average molecular weight is 347 g/mol. The van der Waals surface area contributed by atoms with Gasteiger partial charge in [0.05, 0.1) is 0 Å². The first-order chi connectivity index (χ1) is 12.6. The Morgan fingerprint density at radius 3 is 2.58 bits per heavy atom. The minimum Gasteiger partial charge on any atom is -0.378 e. The Morgan fingerprint density at radius 2 is 1.88 bits per heavy atom. The predicted molar refractivity (Wildman–Crippen MR) is 107 cm³/mol. The summed E-state index contributed by atoms with van der Waals surface area (Å²) in [5.41, 5.74) is 4.75. The van der Waals surface area contributed by atoms with Crippen LogP contribution in [-0.2, 0) is 4.79 Å². The Bertz CT molecular complexity index is 907. The van der Waals surface area contributed by atoms with E-state index in [4.69, 9.17) is 0 Å². The topological polar surface area (TPSA) is 48.1 Å². The number of rotatable bonds is 6. The van der Waals surface area contributed by atoms with Crippen LogP contribution in [0.5, 0.6) is 0 Å². The van der Waals surface area contributed by atoms with Crippen LogP contribution < -0.4 is 10.2 Å². The SMILES string of the molecule is CN(C)c1ccc(C(CNC(=O)C2CC2)c2c[nH]c3ccccc23)cc1. The second-order valence-electron chi connectivity index (χ2n) is 7.35. The number of carbonyl (C=O) groups excluding carboxylic acids is 1. The maximum atomic E-state index is 12.2. The van der Waals surface area contributed by atoms with E-state index in [1.807, 2.05) is 20.2 Å². The number of fused-ring (bicyclic) bond motifs is 1. The number of aromatic amines is 1. The number of carbonyl (C=O) groups is 1. The third kappa shape index (κ3) is 3.32. The molecule has 1 saturated carbocycles. The minimum absolute atomic E-state index is 0.130. The number of nitrogens with one attached hydrogen (secondary N) is 2. The number of benzene rings is 2. The van der Waals surface area contributed by atoms with Crippen molar-refractivity contribution in [3.8, 4) is 0 Å². The molecule has 4 rings (SSSR count). The van der Waals surface area contributed by atoms with Gasteiger partial charge >= 0.3 is 0 Å². The quantitative estimate of drug-likeness (QED) is 0.711. The standard InChI is InChI=1S/C22H25N3O/c1-25(2)17-11-9-15(10-12-17)19(13-24-22(26)16-7-8-16)20-14-23-21-6-4-3-5-18(20)21/h3-6,9-12,14,16,19,23H,7-8,13H2,1-2H3,(H,24,26). The van der Waals surface area contributed by atoms with E-state index < -0.39 is 0 Å². The molecule has 26 heavy (non-hydrogen) atoms. The monoisotopic (exact) mass is 347 g/mol. The highest BCUT2D eigenvalue weighted by Crippen LogP contribution is 2.33. The van der Waals surface area contributed by atoms with Gasteiger partial charge in [-0.2, -0.15) is 0 Å². The zero-order valence-corrected chi connectivity index (χ0v) is 15.3. The Hall–Kier alpha value is -2.75. The van der Waals surface area contributed by atoms with Gasteiger partial charge in [-0.05, 0) is 42.2 Å². The predicted octanol–water partition coefficient (Wildman–Crippen LogP) is 3.89. The smallest absolute Gasteiger partial charge is 0.223 e. The van der Waals surface area contributed by atoms with Gasteiger partial charge in [-0.3, -0.25) is 4.79 Å². The lowest BCUT2D eigenvalue weighted by Crippen LogP contribution is -2.30. The fraction of sp³-hybridized carbons (Fsp3) is 0.318. The minimum atomic E-state index is 0.130. The first kappa shape index (κ1) is 16.7. The van der Waals surface area contributed by atoms with Crippen LogP contribution in [0.2, 0.25) is 0 Å². The summed E-state index contributed by atoms with van der Waals surface area (Å²) < 4.78 is 0. The van der Waals surface area contributed by atoms with Crippen LogP contribution in [0.15, 0.2) is 54.7 Å². The molecule has 0 aliphatic heterocycles. The number of nitrogens with zero attached hydrogens (tertiary/aromatic N) is 1. The molecule has 134 valence electrons. The zero-order valence-electron chi connectivity index (χ0n) is 15.3. The summed E-state index contributed by atoms with van der Waals surface area (Å²) in [6, 6.07) is 17.0. The number of aromatic nitrogens is 1. The van der Waals surface area contributed by atoms with Gasteiger partial charge in [0.15, 0.2) is 0 Å². The van der Waals surface area contributed by atoms with Crippen LogP contribution in [0, 0.1) is 5.92 Å². The molecule has 1 aliphatic rings. The summed E-state index contributed by atoms with van der Waals surface area (Å²) in [5.74, 6) is 0.555. The maximum absolute atomic E-state index is 12.2. The molecule has 4 heteroatoms. The van der Waals surface area contributed by atoms with Crippen molar-refractivity contribution in [2.24, 2.45) is 5.92 Å². The summed E-state index contributed by atoms with van der Waals surface area (Å²) in [5, 5.41) is 4.39. The molecule has 1 amide bonds. The molecule has 1 aliphatic carbocycles. The van der Waals surface area contributed by atoms with E-state index in [2.05, 4.69) is 63.9 Å². The number of anilines is 1. The Morgan fingerprint density at radius 1 is 1.15 bits per heavy atom. The number of hydrogen-bond donors (Lipinski definition) is 2. The summed E-state index contributed by atoms with van der Waals surface area (Å²) in [6.45, 7) is 0.624. The fourth-order valence-electron chi connectivity index (χ4n) is 3.49. The molecular weight excluding hydrogens is 322 g/mol. The van der Waals surface area contributed by atoms with Gasteiger partial charge < -0.3 is 15.2 Å². The number of H-pyrrole nitrogens is 1. The van der Waals surface area contributed by atoms with Crippen LogP contribution in [-0.4, -0.2) is 31.5 Å². The van der Waals surface area contributed by atoms with Crippen molar-refractivity contribution in [1.29, 1.82) is 0 Å². The lowest BCUT2D eigenvalue weighted by molar-refractivity contribution is -0.122. The van der Waals surface area contributed by atoms with E-state index in [0.29, 0.717) is 6.54 Å². The molecule has 2 aromatic carbocycles. The van der Waals surface area contributed by atoms with E-state index >= 15 is 0 Å². The zero-order chi connectivity index (χ0) is 18.1. The molecule has 0 radical (unpaired) electrons. The lowest BCUT2D eigenvalue weighted by atomic mass is 9.90. The molecule has 1 aromatic heterocycles. The fourth-order valence-corrected chi connectivity index (χ4v) is 3.49. The Kier molecular flexibility index (Phi) is 4.41. The highest BCUT2D eigenvalue weighted by Gasteiger charge is 2.30. The largest absolute Gasteiger partial charge is 0.378 e. The maximum Gasteiger partial charge on any atom is 0.223 e. The number of amides is 1. The highest BCUT2D eigenvalue weighted by molar-refractivity contribution is 5.85. The van der Waals surface area contributed by atoms with Gasteiger partial charge in [-0.25, -0.2) is 0 Å². The van der Waals surface area contributed by atoms with Crippen LogP contribution in [0.3, 0.4) is 0 Å². The van der Waals surface area contributed by atoms with E-state index in [1.54, 1.807) is 0 Å². The van der Waals surface area contributed by atoms with Gasteiger partial charge in [0.25, 0.3) is 0 Å². The first-order valence-electron chi connectivity index (χ1n) is 9.24. The number of hydrogen-bond acceptors (Lipinski definition) is 2. The van der Waals surface area contributed by atoms with Crippen molar-refractivity contribution >= 4 is 22.5 Å². The van der Waals surface area contributed by atoms with Crippen molar-refractivity contribution in [1.82, 2.24) is 10.3 Å². The van der Waals surface area contributed by atoms with Crippen LogP contribution in [0.25, 0.3) is 10.9 Å². The second-order valence-corrected chi connectivity index (χ2v) is 7.35. The second kappa shape index (κ2) is 6.87. The van der Waals surface area contributed by atoms with Gasteiger partial charge in [-0.15, -0.1) is 0 Å². The number of para-hydroxylation sites is 1. The third-order valence-corrected chi connectivity index (χ3v) is 5.24. The van der Waals surface area contributed by atoms with E-state index in [-0.39, 0.29) is 17.7 Å². The Labute approximate surface area is 154 Å². The molecule has 1 heterocycles. The van der Waals surface area contributed by atoms with Crippen molar-refractivity contribution in [3.05, 3.63) is 65.9 Å². The van der Waals surface area contributed by atoms with Crippen molar-refractivity contribution in [2.45, 2.75) is 18.8 Å². The summed E-state index contributed by atoms with van der Waals surface area (Å²) in [4.78, 5) is 17.7. The molecule has 3 aromatic rings. The van der Waals surface area contributed by atoms with Gasteiger partial charge in [0, 0.05) is 55.3 Å². The van der Waals surface area contributed by atoms with Crippen LogP contribution in [0.1, 0.15) is 29.9 Å². The van der Waals surface area contributed by atoms with E-state index in [0.717, 1.165) is 18.4 Å². The van der Waals surface area contributed by atoms with Gasteiger partial charge in [0.1, 0.15) is 0 Å². The third-order valence-electron chi connectivity index (χ3n) is 5.24. The molecule has 1 unspecified atom stereocenters. The average Bonchev–Trinajstić information content (AvgIpc) is 3.43. The van der Waals surface area contributed by atoms with Crippen molar-refractivity contribution in [2.75, 3.05) is 25.5 Å². The summed E-state index contributed by atoms with van der Waals surface area (Å²) in [6.07, 6.45) is 4.14. The van der Waals surface area contributed by atoms with Crippen molar-refractivity contribution < 1.29 is 4.79 Å². The normalized spacial score (nSPS) is 15.0. The first-order valence-corrected chi connectivity index (χ1v) is 9.24.